The Morgan fingerprint density at radius 1 is 0.769 bits per heavy atom. The second-order valence-corrected chi connectivity index (χ2v) is 4.91. The molecule has 0 N–H and O–H groups in total. The van der Waals surface area contributed by atoms with Crippen LogP contribution in [0.25, 0.3) is 0 Å². The molecule has 0 spiro atoms. The molecule has 0 aromatic heterocycles. The van der Waals surface area contributed by atoms with E-state index in [-0.39, 0.29) is 88.7 Å². The van der Waals surface area contributed by atoms with E-state index in [2.05, 4.69) is 0 Å². The van der Waals surface area contributed by atoms with E-state index in [0.717, 1.165) is 0 Å². The molecule has 1 aliphatic rings. The molecule has 3 nitrogen and oxygen atoms in total. The summed E-state index contributed by atoms with van der Waals surface area (Å²) in [5, 5.41) is 0. The minimum Gasteiger partial charge on any atom is -0.854 e. The van der Waals surface area contributed by atoms with Crippen LogP contribution in [0.4, 0.5) is 0 Å². The van der Waals surface area contributed by atoms with Gasteiger partial charge in [-0.15, -0.1) is 0 Å². The van der Waals surface area contributed by atoms with Crippen LogP contribution in [0.3, 0.4) is 0 Å². The first-order chi connectivity index (χ1) is 4.73. The van der Waals surface area contributed by atoms with E-state index < -0.39 is 8.60 Å². The monoisotopic (exact) mass is 248 g/mol. The van der Waals surface area contributed by atoms with Crippen LogP contribution in [-0.4, -0.2) is 9.52 Å². The molecular weight excluding hydrogens is 236 g/mol. The summed E-state index contributed by atoms with van der Waals surface area (Å²) >= 11 is 0. The predicted molar refractivity (Wildman–Crippen MR) is 38.9 cm³/mol. The molecular formula is C5H12Na3O3PSi. The van der Waals surface area contributed by atoms with Crippen molar-refractivity contribution in [2.45, 2.75) is 31.4 Å². The number of hydrogen-bond donors (Lipinski definition) is 0. The zero-order valence-electron chi connectivity index (χ0n) is 8.91. The standard InChI is InChI=1S/C5H12Si.3Na.O3P/c1-2-4-6-5-3-1;;;;1-4(2)3/h1-6H2;;;;/q;3*+1;-3. The van der Waals surface area contributed by atoms with Crippen molar-refractivity contribution in [1.29, 1.82) is 0 Å². The SMILES string of the molecule is C1CC[SiH2]CC1.[Na+].[Na+].[Na+].[O-]P([O-])[O-]. The van der Waals surface area contributed by atoms with Crippen LogP contribution in [0, 0.1) is 0 Å². The first-order valence-corrected chi connectivity index (χ1v) is 6.64. The first-order valence-electron chi connectivity index (χ1n) is 3.55. The maximum atomic E-state index is 8.48. The van der Waals surface area contributed by atoms with E-state index in [1.54, 1.807) is 24.9 Å². The second kappa shape index (κ2) is 20.9. The van der Waals surface area contributed by atoms with Crippen molar-refractivity contribution in [3.63, 3.8) is 0 Å². The average Bonchev–Trinajstić information content (AvgIpc) is 1.90. The molecule has 1 heterocycles. The maximum absolute atomic E-state index is 8.48. The van der Waals surface area contributed by atoms with Gasteiger partial charge >= 0.3 is 88.7 Å². The van der Waals surface area contributed by atoms with Gasteiger partial charge in [0.05, 0.1) is 0 Å². The van der Waals surface area contributed by atoms with Gasteiger partial charge in [-0.05, 0) is 0 Å². The van der Waals surface area contributed by atoms with Gasteiger partial charge in [-0.3, -0.25) is 0 Å². The number of rotatable bonds is 0. The summed E-state index contributed by atoms with van der Waals surface area (Å²) in [7, 11) is -2.86. The molecule has 1 fully saturated rings. The Morgan fingerprint density at radius 2 is 1.08 bits per heavy atom. The molecule has 0 atom stereocenters. The van der Waals surface area contributed by atoms with Crippen molar-refractivity contribution in [3.05, 3.63) is 0 Å². The zero-order valence-corrected chi connectivity index (χ0v) is 17.2. The van der Waals surface area contributed by atoms with Gasteiger partial charge in [0, 0.05) is 9.52 Å². The van der Waals surface area contributed by atoms with Gasteiger partial charge in [0.1, 0.15) is 0 Å². The van der Waals surface area contributed by atoms with Gasteiger partial charge in [0.15, 0.2) is 0 Å². The van der Waals surface area contributed by atoms with Crippen LogP contribution in [0.2, 0.25) is 12.1 Å². The Hall–Kier alpha value is 3.53. The van der Waals surface area contributed by atoms with E-state index in [0.29, 0.717) is 9.52 Å². The average molecular weight is 248 g/mol. The van der Waals surface area contributed by atoms with Crippen LogP contribution in [0.15, 0.2) is 0 Å². The van der Waals surface area contributed by atoms with E-state index in [1.165, 1.54) is 6.42 Å². The summed E-state index contributed by atoms with van der Waals surface area (Å²) < 4.78 is 0. The van der Waals surface area contributed by atoms with E-state index in [4.69, 9.17) is 14.7 Å². The Labute approximate surface area is 150 Å². The fourth-order valence-electron chi connectivity index (χ4n) is 1.06. The Balaban J connectivity index is -0.0000000536. The van der Waals surface area contributed by atoms with Gasteiger partial charge in [0.2, 0.25) is 0 Å². The van der Waals surface area contributed by atoms with Crippen molar-refractivity contribution in [3.8, 4) is 0 Å². The van der Waals surface area contributed by atoms with E-state index >= 15 is 0 Å². The first kappa shape index (κ1) is 25.4. The molecule has 0 aromatic carbocycles. The molecule has 62 valence electrons. The van der Waals surface area contributed by atoms with Gasteiger partial charge in [-0.25, -0.2) is 0 Å². The molecule has 0 aromatic rings. The largest absolute Gasteiger partial charge is 1.00 e. The van der Waals surface area contributed by atoms with Crippen LogP contribution in [-0.2, 0) is 0 Å². The van der Waals surface area contributed by atoms with Gasteiger partial charge in [-0.2, -0.15) is 0 Å². The summed E-state index contributed by atoms with van der Waals surface area (Å²) in [4.78, 5) is 25.4. The van der Waals surface area contributed by atoms with Crippen molar-refractivity contribution in [2.24, 2.45) is 0 Å². The minimum atomic E-state index is -3.37. The van der Waals surface area contributed by atoms with Crippen molar-refractivity contribution in [2.75, 3.05) is 0 Å². The fourth-order valence-corrected chi connectivity index (χ4v) is 2.83. The quantitative estimate of drug-likeness (QED) is 0.316. The zero-order chi connectivity index (χ0) is 7.82. The van der Waals surface area contributed by atoms with E-state index in [9.17, 15) is 0 Å². The third kappa shape index (κ3) is 31.3. The topological polar surface area (TPSA) is 69.2 Å². The Morgan fingerprint density at radius 3 is 1.15 bits per heavy atom. The van der Waals surface area contributed by atoms with Crippen molar-refractivity contribution < 1.29 is 103 Å². The summed E-state index contributed by atoms with van der Waals surface area (Å²) in [6.07, 6.45) is 4.66. The predicted octanol–water partition coefficient (Wildman–Crippen LogP) is -10.5. The molecule has 8 heteroatoms. The van der Waals surface area contributed by atoms with E-state index in [1.807, 2.05) is 0 Å². The second-order valence-electron chi connectivity index (χ2n) is 2.34. The minimum absolute atomic E-state index is 0. The Bertz CT molecular complexity index is 63.8. The third-order valence-corrected chi connectivity index (χ3v) is 3.50. The molecule has 0 aliphatic carbocycles. The van der Waals surface area contributed by atoms with Crippen LogP contribution < -0.4 is 103 Å². The maximum Gasteiger partial charge on any atom is 1.00 e. The van der Waals surface area contributed by atoms with Crippen LogP contribution >= 0.6 is 8.60 Å². The van der Waals surface area contributed by atoms with Crippen molar-refractivity contribution in [1.82, 2.24) is 0 Å². The molecule has 0 amide bonds. The fraction of sp³-hybridized carbons (Fsp3) is 1.00. The molecule has 0 bridgehead atoms. The van der Waals surface area contributed by atoms with Crippen LogP contribution in [0.1, 0.15) is 19.3 Å². The van der Waals surface area contributed by atoms with Crippen molar-refractivity contribution >= 4 is 18.1 Å². The molecule has 1 aliphatic heterocycles. The molecule has 1 rings (SSSR count). The van der Waals surface area contributed by atoms with Gasteiger partial charge in [-0.1, -0.05) is 31.4 Å². The smallest absolute Gasteiger partial charge is 0.854 e. The molecule has 1 saturated heterocycles. The summed E-state index contributed by atoms with van der Waals surface area (Å²) in [6, 6.07) is 3.28. The molecule has 0 unspecified atom stereocenters. The van der Waals surface area contributed by atoms with Gasteiger partial charge in [0.25, 0.3) is 0 Å². The normalized spacial score (nSPS) is 13.8. The molecule has 0 saturated carbocycles. The number of hydrogen-bond acceptors (Lipinski definition) is 3. The Kier molecular flexibility index (Phi) is 40.8. The molecule has 0 radical (unpaired) electrons. The third-order valence-electron chi connectivity index (χ3n) is 1.50. The van der Waals surface area contributed by atoms with Gasteiger partial charge < -0.3 is 23.3 Å². The summed E-state index contributed by atoms with van der Waals surface area (Å²) in [5.74, 6) is 0. The molecule has 13 heavy (non-hydrogen) atoms. The van der Waals surface area contributed by atoms with Crippen LogP contribution in [0.5, 0.6) is 0 Å². The summed E-state index contributed by atoms with van der Waals surface area (Å²) in [6.45, 7) is 0. The summed E-state index contributed by atoms with van der Waals surface area (Å²) in [5.41, 5.74) is 0.